The van der Waals surface area contributed by atoms with E-state index in [1.54, 1.807) is 0 Å². The van der Waals surface area contributed by atoms with Gasteiger partial charge in [0, 0.05) is 11.8 Å². The molecule has 1 aliphatic heterocycles. The Bertz CT molecular complexity index is 448. The van der Waals surface area contributed by atoms with Crippen LogP contribution in [0.25, 0.3) is 0 Å². The third-order valence-corrected chi connectivity index (χ3v) is 4.59. The zero-order valence-corrected chi connectivity index (χ0v) is 13.8. The molecule has 0 amide bonds. The van der Waals surface area contributed by atoms with Crippen LogP contribution in [0.4, 0.5) is 0 Å². The summed E-state index contributed by atoms with van der Waals surface area (Å²) in [6.07, 6.45) is 2.23. The van der Waals surface area contributed by atoms with E-state index >= 15 is 0 Å². The highest BCUT2D eigenvalue weighted by Gasteiger charge is 2.27. The number of thioether (sulfide) groups is 1. The van der Waals surface area contributed by atoms with E-state index in [1.165, 1.54) is 17.7 Å². The van der Waals surface area contributed by atoms with Crippen molar-refractivity contribution >= 4 is 16.9 Å². The van der Waals surface area contributed by atoms with Gasteiger partial charge in [-0.25, -0.2) is 0 Å². The smallest absolute Gasteiger partial charge is 0.157 e. The van der Waals surface area contributed by atoms with Crippen molar-refractivity contribution in [3.63, 3.8) is 0 Å². The van der Waals surface area contributed by atoms with E-state index in [1.807, 2.05) is 11.8 Å². The minimum Gasteiger partial charge on any atom is -0.362 e. The zero-order chi connectivity index (χ0) is 14.6. The van der Waals surface area contributed by atoms with E-state index in [-0.39, 0.29) is 5.41 Å². The number of hydrogen-bond donors (Lipinski definition) is 1. The Morgan fingerprint density at radius 2 is 2.00 bits per heavy atom. The lowest BCUT2D eigenvalue weighted by atomic mass is 9.85. The summed E-state index contributed by atoms with van der Waals surface area (Å²) >= 11 is 1.86. The fourth-order valence-corrected chi connectivity index (χ4v) is 3.47. The molecule has 0 aliphatic carbocycles. The van der Waals surface area contributed by atoms with Crippen LogP contribution >= 0.6 is 11.8 Å². The quantitative estimate of drug-likeness (QED) is 0.905. The van der Waals surface area contributed by atoms with E-state index in [0.717, 1.165) is 11.6 Å². The average molecular weight is 290 g/mol. The molecule has 3 heteroatoms. The summed E-state index contributed by atoms with van der Waals surface area (Å²) in [5.41, 5.74) is 1.64. The van der Waals surface area contributed by atoms with E-state index in [0.29, 0.717) is 12.1 Å². The minimum absolute atomic E-state index is 0.260. The number of amidine groups is 1. The fourth-order valence-electron chi connectivity index (χ4n) is 2.45. The van der Waals surface area contributed by atoms with Crippen molar-refractivity contribution in [3.8, 4) is 0 Å². The molecular formula is C17H26N2S. The van der Waals surface area contributed by atoms with Gasteiger partial charge >= 0.3 is 0 Å². The monoisotopic (exact) mass is 290 g/mol. The maximum atomic E-state index is 4.90. The van der Waals surface area contributed by atoms with Crippen LogP contribution in [-0.2, 0) is 6.42 Å². The Morgan fingerprint density at radius 3 is 2.65 bits per heavy atom. The SMILES string of the molecule is CC(Cc1ccccc1)NC1=NC(C(C)(C)C)CCS1. The molecular weight excluding hydrogens is 264 g/mol. The van der Waals surface area contributed by atoms with E-state index in [2.05, 4.69) is 63.3 Å². The van der Waals surface area contributed by atoms with E-state index < -0.39 is 0 Å². The van der Waals surface area contributed by atoms with Crippen LogP contribution in [0.15, 0.2) is 35.3 Å². The molecule has 2 unspecified atom stereocenters. The van der Waals surface area contributed by atoms with Gasteiger partial charge in [0.15, 0.2) is 5.17 Å². The normalized spacial score (nSPS) is 21.2. The second-order valence-electron chi connectivity index (χ2n) is 6.69. The Hall–Kier alpha value is -0.960. The molecule has 2 nitrogen and oxygen atoms in total. The molecule has 1 N–H and O–H groups in total. The lowest BCUT2D eigenvalue weighted by Crippen LogP contribution is -2.37. The third-order valence-electron chi connectivity index (χ3n) is 3.66. The Balaban J connectivity index is 1.93. The molecule has 1 aromatic rings. The van der Waals surface area contributed by atoms with E-state index in [9.17, 15) is 0 Å². The summed E-state index contributed by atoms with van der Waals surface area (Å²) in [4.78, 5) is 4.90. The minimum atomic E-state index is 0.260. The van der Waals surface area contributed by atoms with Crippen molar-refractivity contribution in [1.29, 1.82) is 0 Å². The van der Waals surface area contributed by atoms with Gasteiger partial charge in [0.25, 0.3) is 0 Å². The molecule has 0 saturated carbocycles. The van der Waals surface area contributed by atoms with Crippen molar-refractivity contribution in [2.45, 2.75) is 52.6 Å². The summed E-state index contributed by atoms with van der Waals surface area (Å²) in [5, 5.41) is 4.71. The van der Waals surface area contributed by atoms with Crippen LogP contribution in [0, 0.1) is 5.41 Å². The Labute approximate surface area is 127 Å². The zero-order valence-electron chi connectivity index (χ0n) is 13.0. The lowest BCUT2D eigenvalue weighted by Gasteiger charge is -2.31. The van der Waals surface area contributed by atoms with Gasteiger partial charge in [-0.2, -0.15) is 0 Å². The van der Waals surface area contributed by atoms with Gasteiger partial charge < -0.3 is 5.32 Å². The van der Waals surface area contributed by atoms with Gasteiger partial charge in [-0.05, 0) is 30.7 Å². The molecule has 0 spiro atoms. The molecule has 0 saturated heterocycles. The topological polar surface area (TPSA) is 24.4 Å². The molecule has 20 heavy (non-hydrogen) atoms. The highest BCUT2D eigenvalue weighted by molar-refractivity contribution is 8.13. The second-order valence-corrected chi connectivity index (χ2v) is 7.77. The number of rotatable bonds is 3. The molecule has 110 valence electrons. The van der Waals surface area contributed by atoms with Crippen LogP contribution in [-0.4, -0.2) is 23.0 Å². The van der Waals surface area contributed by atoms with Crippen molar-refractivity contribution < 1.29 is 0 Å². The molecule has 1 aliphatic rings. The maximum absolute atomic E-state index is 4.90. The summed E-state index contributed by atoms with van der Waals surface area (Å²) in [6, 6.07) is 11.5. The van der Waals surface area contributed by atoms with Crippen molar-refractivity contribution in [3.05, 3.63) is 35.9 Å². The van der Waals surface area contributed by atoms with Gasteiger partial charge in [0.05, 0.1) is 6.04 Å². The van der Waals surface area contributed by atoms with Gasteiger partial charge in [-0.3, -0.25) is 4.99 Å². The van der Waals surface area contributed by atoms with Crippen LogP contribution in [0.3, 0.4) is 0 Å². The van der Waals surface area contributed by atoms with Crippen LogP contribution in [0.1, 0.15) is 39.7 Å². The standard InChI is InChI=1S/C17H26N2S/c1-13(12-14-8-6-5-7-9-14)18-16-19-15(10-11-20-16)17(2,3)4/h5-9,13,15H,10-12H2,1-4H3,(H,18,19). The molecule has 0 radical (unpaired) electrons. The first-order chi connectivity index (χ1) is 9.45. The van der Waals surface area contributed by atoms with Crippen LogP contribution < -0.4 is 5.32 Å². The fraction of sp³-hybridized carbons (Fsp3) is 0.588. The highest BCUT2D eigenvalue weighted by atomic mass is 32.2. The van der Waals surface area contributed by atoms with Gasteiger partial charge in [0.2, 0.25) is 0 Å². The Kier molecular flexibility index (Phi) is 5.14. The molecule has 2 atom stereocenters. The average Bonchev–Trinajstić information content (AvgIpc) is 2.39. The Morgan fingerprint density at radius 1 is 1.30 bits per heavy atom. The lowest BCUT2D eigenvalue weighted by molar-refractivity contribution is 0.315. The number of nitrogens with zero attached hydrogens (tertiary/aromatic N) is 1. The third kappa shape index (κ3) is 4.55. The number of nitrogens with one attached hydrogen (secondary N) is 1. The maximum Gasteiger partial charge on any atom is 0.157 e. The van der Waals surface area contributed by atoms with Gasteiger partial charge in [0.1, 0.15) is 0 Å². The number of hydrogen-bond acceptors (Lipinski definition) is 3. The predicted molar refractivity (Wildman–Crippen MR) is 90.5 cm³/mol. The molecule has 2 rings (SSSR count). The summed E-state index contributed by atoms with van der Waals surface area (Å²) in [7, 11) is 0. The first-order valence-corrected chi connectivity index (χ1v) is 8.45. The molecule has 1 heterocycles. The van der Waals surface area contributed by atoms with Crippen molar-refractivity contribution in [2.75, 3.05) is 5.75 Å². The van der Waals surface area contributed by atoms with Gasteiger partial charge in [-0.15, -0.1) is 0 Å². The number of aliphatic imine (C=N–C) groups is 1. The van der Waals surface area contributed by atoms with Crippen molar-refractivity contribution in [1.82, 2.24) is 5.32 Å². The first-order valence-electron chi connectivity index (χ1n) is 7.46. The van der Waals surface area contributed by atoms with Crippen LogP contribution in [0.5, 0.6) is 0 Å². The molecule has 0 aromatic heterocycles. The second kappa shape index (κ2) is 6.66. The molecule has 1 aromatic carbocycles. The van der Waals surface area contributed by atoms with Gasteiger partial charge in [-0.1, -0.05) is 62.9 Å². The van der Waals surface area contributed by atoms with Crippen LogP contribution in [0.2, 0.25) is 0 Å². The molecule has 0 bridgehead atoms. The summed E-state index contributed by atoms with van der Waals surface area (Å²) in [5.74, 6) is 1.17. The highest BCUT2D eigenvalue weighted by Crippen LogP contribution is 2.30. The first kappa shape index (κ1) is 15.4. The molecule has 0 fully saturated rings. The van der Waals surface area contributed by atoms with E-state index in [4.69, 9.17) is 4.99 Å². The van der Waals surface area contributed by atoms with Crippen molar-refractivity contribution in [2.24, 2.45) is 10.4 Å². The summed E-state index contributed by atoms with van der Waals surface area (Å²) in [6.45, 7) is 9.07. The largest absolute Gasteiger partial charge is 0.362 e. The summed E-state index contributed by atoms with van der Waals surface area (Å²) < 4.78 is 0. The number of benzene rings is 1. The predicted octanol–water partition coefficient (Wildman–Crippen LogP) is 4.11.